The molecule has 9 nitrogen and oxygen atoms in total. The van der Waals surface area contributed by atoms with Gasteiger partial charge in [0.15, 0.2) is 17.3 Å². The number of aliphatic hydroxyl groups is 1. The molecule has 0 spiro atoms. The van der Waals surface area contributed by atoms with Crippen molar-refractivity contribution in [1.82, 2.24) is 35.1 Å². The Kier molecular flexibility index (Phi) is 6.01. The lowest BCUT2D eigenvalue weighted by atomic mass is 10.0. The summed E-state index contributed by atoms with van der Waals surface area (Å²) in [7, 11) is 0. The minimum atomic E-state index is -0.704. The van der Waals surface area contributed by atoms with Crippen LogP contribution in [0.2, 0.25) is 0 Å². The van der Waals surface area contributed by atoms with Crippen LogP contribution in [0.4, 0.5) is 10.1 Å². The molecule has 1 atom stereocenters. The lowest BCUT2D eigenvalue weighted by Gasteiger charge is -2.16. The molecule has 5 heterocycles. The van der Waals surface area contributed by atoms with E-state index in [4.69, 9.17) is 0 Å². The van der Waals surface area contributed by atoms with E-state index < -0.39 is 12.0 Å². The van der Waals surface area contributed by atoms with Gasteiger partial charge in [-0.2, -0.15) is 5.10 Å². The number of fused-ring (bicyclic) bond motifs is 2. The van der Waals surface area contributed by atoms with Crippen molar-refractivity contribution in [2.24, 2.45) is 5.92 Å². The van der Waals surface area contributed by atoms with Crippen LogP contribution in [0.5, 0.6) is 0 Å². The fraction of sp³-hybridized carbons (Fsp3) is 0.179. The zero-order chi connectivity index (χ0) is 26.2. The standard InChI is InChI=1S/C28H25FN8O/c1-15(2)8-23(38)33-19-9-18(13-31-14-19)17-10-21-24(22(29)11-17)36-37-26(21)28-34-25-20(5-7-32-27(25)35-28)16-4-3-6-30-12-16/h3-7,9-15,23,33,38H,8H2,1-2H3,(H,36,37)(H,32,34,35). The van der Waals surface area contributed by atoms with Crippen molar-refractivity contribution < 1.29 is 9.50 Å². The first kappa shape index (κ1) is 23.7. The molecule has 0 aliphatic heterocycles. The summed E-state index contributed by atoms with van der Waals surface area (Å²) < 4.78 is 15.2. The lowest BCUT2D eigenvalue weighted by Crippen LogP contribution is -2.20. The Morgan fingerprint density at radius 2 is 1.87 bits per heavy atom. The van der Waals surface area contributed by atoms with Crippen LogP contribution in [0.25, 0.3) is 55.8 Å². The molecular weight excluding hydrogens is 483 g/mol. The van der Waals surface area contributed by atoms with Gasteiger partial charge in [0, 0.05) is 46.9 Å². The highest BCUT2D eigenvalue weighted by molar-refractivity contribution is 5.97. The Balaban J connectivity index is 1.41. The van der Waals surface area contributed by atoms with Crippen LogP contribution < -0.4 is 5.32 Å². The Morgan fingerprint density at radius 3 is 2.68 bits per heavy atom. The number of aromatic amines is 2. The van der Waals surface area contributed by atoms with E-state index in [1.165, 1.54) is 6.07 Å². The first-order valence-corrected chi connectivity index (χ1v) is 12.3. The second kappa shape index (κ2) is 9.64. The molecule has 6 rings (SSSR count). The number of nitrogens with zero attached hydrogens (tertiary/aromatic N) is 5. The summed E-state index contributed by atoms with van der Waals surface area (Å²) in [6.45, 7) is 4.08. The zero-order valence-corrected chi connectivity index (χ0v) is 20.8. The van der Waals surface area contributed by atoms with Gasteiger partial charge in [0.2, 0.25) is 0 Å². The summed E-state index contributed by atoms with van der Waals surface area (Å²) in [6.07, 6.45) is 8.38. The second-order valence-corrected chi connectivity index (χ2v) is 9.59. The number of pyridine rings is 3. The van der Waals surface area contributed by atoms with Gasteiger partial charge in [-0.1, -0.05) is 19.9 Å². The Morgan fingerprint density at radius 1 is 1.00 bits per heavy atom. The van der Waals surface area contributed by atoms with Crippen molar-refractivity contribution in [2.75, 3.05) is 5.32 Å². The molecule has 5 aromatic heterocycles. The molecule has 0 aliphatic carbocycles. The van der Waals surface area contributed by atoms with Gasteiger partial charge in [0.25, 0.3) is 0 Å². The summed E-state index contributed by atoms with van der Waals surface area (Å²) in [5.74, 6) is 0.357. The number of hydrogen-bond donors (Lipinski definition) is 4. The van der Waals surface area contributed by atoms with Gasteiger partial charge in [0.1, 0.15) is 17.4 Å². The molecule has 0 amide bonds. The van der Waals surface area contributed by atoms with Gasteiger partial charge in [-0.25, -0.2) is 14.4 Å². The predicted octanol–water partition coefficient (Wildman–Crippen LogP) is 5.54. The number of imidazole rings is 1. The zero-order valence-electron chi connectivity index (χ0n) is 20.8. The van der Waals surface area contributed by atoms with Gasteiger partial charge in [-0.3, -0.25) is 15.1 Å². The Bertz CT molecular complexity index is 1740. The van der Waals surface area contributed by atoms with Crippen molar-refractivity contribution in [3.05, 3.63) is 73.2 Å². The fourth-order valence-corrected chi connectivity index (χ4v) is 4.59. The minimum Gasteiger partial charge on any atom is -0.374 e. The van der Waals surface area contributed by atoms with Crippen molar-refractivity contribution in [2.45, 2.75) is 26.5 Å². The lowest BCUT2D eigenvalue weighted by molar-refractivity contribution is 0.176. The summed E-state index contributed by atoms with van der Waals surface area (Å²) in [6, 6.07) is 10.9. The minimum absolute atomic E-state index is 0.208. The van der Waals surface area contributed by atoms with Crippen molar-refractivity contribution in [1.29, 1.82) is 0 Å². The monoisotopic (exact) mass is 508 g/mol. The molecular formula is C28H25FN8O. The molecule has 0 bridgehead atoms. The summed E-state index contributed by atoms with van der Waals surface area (Å²) in [5.41, 5.74) is 5.84. The number of rotatable bonds is 7. The Hall–Kier alpha value is -4.70. The average molecular weight is 509 g/mol. The maximum atomic E-state index is 15.2. The number of halogens is 1. The first-order chi connectivity index (χ1) is 18.5. The number of aliphatic hydroxyl groups excluding tert-OH is 1. The van der Waals surface area contributed by atoms with Crippen LogP contribution in [0.1, 0.15) is 20.3 Å². The third kappa shape index (κ3) is 4.46. The average Bonchev–Trinajstić information content (AvgIpc) is 3.53. The van der Waals surface area contributed by atoms with Crippen LogP contribution in [0, 0.1) is 11.7 Å². The topological polar surface area (TPSA) is 128 Å². The van der Waals surface area contributed by atoms with Crippen LogP contribution in [0.15, 0.2) is 67.4 Å². The molecule has 0 saturated carbocycles. The van der Waals surface area contributed by atoms with E-state index in [0.29, 0.717) is 51.7 Å². The summed E-state index contributed by atoms with van der Waals surface area (Å²) >= 11 is 0. The third-order valence-electron chi connectivity index (χ3n) is 6.31. The molecule has 0 radical (unpaired) electrons. The van der Waals surface area contributed by atoms with Gasteiger partial charge in [0.05, 0.1) is 17.4 Å². The van der Waals surface area contributed by atoms with Crippen molar-refractivity contribution in [3.8, 4) is 33.8 Å². The summed E-state index contributed by atoms with van der Waals surface area (Å²) in [5, 5.41) is 21.1. The van der Waals surface area contributed by atoms with E-state index in [2.05, 4.69) is 40.4 Å². The van der Waals surface area contributed by atoms with E-state index >= 15 is 4.39 Å². The highest BCUT2D eigenvalue weighted by atomic mass is 19.1. The van der Waals surface area contributed by atoms with Crippen LogP contribution >= 0.6 is 0 Å². The number of H-pyrrole nitrogens is 2. The third-order valence-corrected chi connectivity index (χ3v) is 6.31. The van der Waals surface area contributed by atoms with Gasteiger partial charge in [-0.15, -0.1) is 0 Å². The molecule has 0 saturated heterocycles. The molecule has 190 valence electrons. The molecule has 4 N–H and O–H groups in total. The van der Waals surface area contributed by atoms with Gasteiger partial charge >= 0.3 is 0 Å². The van der Waals surface area contributed by atoms with E-state index in [0.717, 1.165) is 16.6 Å². The molecule has 0 aliphatic rings. The SMILES string of the molecule is CC(C)CC(O)Nc1cncc(-c2cc(F)c3n[nH]c(-c4nc5nccc(-c6cccnc6)c5[nH]4)c3c2)c1. The van der Waals surface area contributed by atoms with E-state index in [-0.39, 0.29) is 5.52 Å². The Labute approximate surface area is 217 Å². The number of benzene rings is 1. The number of aromatic nitrogens is 7. The molecule has 1 aromatic carbocycles. The first-order valence-electron chi connectivity index (χ1n) is 12.3. The van der Waals surface area contributed by atoms with Crippen LogP contribution in [-0.2, 0) is 0 Å². The van der Waals surface area contributed by atoms with Crippen LogP contribution in [0.3, 0.4) is 0 Å². The largest absolute Gasteiger partial charge is 0.374 e. The number of nitrogens with one attached hydrogen (secondary N) is 3. The molecule has 1 unspecified atom stereocenters. The van der Waals surface area contributed by atoms with Crippen molar-refractivity contribution >= 4 is 27.8 Å². The van der Waals surface area contributed by atoms with E-state index in [1.54, 1.807) is 31.0 Å². The maximum absolute atomic E-state index is 15.2. The van der Waals surface area contributed by atoms with Gasteiger partial charge in [-0.05, 0) is 48.2 Å². The van der Waals surface area contributed by atoms with Crippen molar-refractivity contribution in [3.63, 3.8) is 0 Å². The molecule has 0 fully saturated rings. The maximum Gasteiger partial charge on any atom is 0.178 e. The molecule has 6 aromatic rings. The fourth-order valence-electron chi connectivity index (χ4n) is 4.59. The summed E-state index contributed by atoms with van der Waals surface area (Å²) in [4.78, 5) is 20.9. The molecule has 10 heteroatoms. The number of hydrogen-bond acceptors (Lipinski definition) is 7. The molecule has 38 heavy (non-hydrogen) atoms. The van der Waals surface area contributed by atoms with E-state index in [1.807, 2.05) is 44.2 Å². The van der Waals surface area contributed by atoms with Gasteiger partial charge < -0.3 is 15.4 Å². The highest BCUT2D eigenvalue weighted by Crippen LogP contribution is 2.34. The number of anilines is 1. The highest BCUT2D eigenvalue weighted by Gasteiger charge is 2.18. The second-order valence-electron chi connectivity index (χ2n) is 9.59. The van der Waals surface area contributed by atoms with E-state index in [9.17, 15) is 5.11 Å². The smallest absolute Gasteiger partial charge is 0.178 e. The van der Waals surface area contributed by atoms with Crippen LogP contribution in [-0.4, -0.2) is 46.5 Å². The normalized spacial score (nSPS) is 12.4. The quantitative estimate of drug-likeness (QED) is 0.208. The predicted molar refractivity (Wildman–Crippen MR) is 144 cm³/mol.